The molecule has 3 rings (SSSR count). The average Bonchev–Trinajstić information content (AvgIpc) is 3.03. The number of nitrogens with two attached hydrogens (primary N) is 1. The molecule has 0 radical (unpaired) electrons. The summed E-state index contributed by atoms with van der Waals surface area (Å²) in [6.07, 6.45) is 4.10. The highest BCUT2D eigenvalue weighted by atomic mass is 16.5. The van der Waals surface area contributed by atoms with Gasteiger partial charge in [0.2, 0.25) is 11.8 Å². The third-order valence-electron chi connectivity index (χ3n) is 5.71. The van der Waals surface area contributed by atoms with Crippen LogP contribution in [-0.2, 0) is 16.8 Å². The van der Waals surface area contributed by atoms with Gasteiger partial charge in [-0.05, 0) is 19.8 Å². The first kappa shape index (κ1) is 19.3. The van der Waals surface area contributed by atoms with Gasteiger partial charge in [-0.25, -0.2) is 0 Å². The molecule has 2 aliphatic rings. The lowest BCUT2D eigenvalue weighted by Crippen LogP contribution is -2.57. The molecule has 2 N–H and O–H groups in total. The van der Waals surface area contributed by atoms with Crippen LogP contribution in [0, 0.1) is 5.92 Å². The number of nitrogens with zero attached hydrogens (tertiary/aromatic N) is 4. The van der Waals surface area contributed by atoms with E-state index >= 15 is 0 Å². The molecule has 1 saturated carbocycles. The van der Waals surface area contributed by atoms with Crippen molar-refractivity contribution in [2.75, 3.05) is 26.2 Å². The topological polar surface area (TPSA) is 88.5 Å². The summed E-state index contributed by atoms with van der Waals surface area (Å²) < 4.78 is 5.37. The van der Waals surface area contributed by atoms with Crippen molar-refractivity contribution in [1.29, 1.82) is 0 Å². The summed E-state index contributed by atoms with van der Waals surface area (Å²) in [5.41, 5.74) is 5.92. The van der Waals surface area contributed by atoms with Crippen molar-refractivity contribution < 1.29 is 9.32 Å². The molecule has 0 spiro atoms. The Hall–Kier alpha value is -1.47. The predicted octanol–water partition coefficient (Wildman–Crippen LogP) is 1.92. The Kier molecular flexibility index (Phi) is 5.40. The lowest BCUT2D eigenvalue weighted by Gasteiger charge is -2.42. The van der Waals surface area contributed by atoms with Crippen molar-refractivity contribution in [3.05, 3.63) is 11.7 Å². The predicted molar refractivity (Wildman–Crippen MR) is 99.4 cm³/mol. The van der Waals surface area contributed by atoms with Gasteiger partial charge in [0.1, 0.15) is 0 Å². The van der Waals surface area contributed by atoms with Gasteiger partial charge < -0.3 is 15.2 Å². The molecule has 1 aromatic rings. The second-order valence-corrected chi connectivity index (χ2v) is 9.17. The van der Waals surface area contributed by atoms with Crippen LogP contribution in [0.25, 0.3) is 0 Å². The second kappa shape index (κ2) is 7.27. The lowest BCUT2D eigenvalue weighted by molar-refractivity contribution is -0.140. The molecular weight excluding hydrogens is 330 g/mol. The van der Waals surface area contributed by atoms with Gasteiger partial charge >= 0.3 is 0 Å². The summed E-state index contributed by atoms with van der Waals surface area (Å²) in [4.78, 5) is 21.7. The van der Waals surface area contributed by atoms with Crippen molar-refractivity contribution in [3.63, 3.8) is 0 Å². The Labute approximate surface area is 156 Å². The van der Waals surface area contributed by atoms with Crippen molar-refractivity contribution in [3.8, 4) is 0 Å². The number of carbonyl (C=O) groups is 1. The highest BCUT2D eigenvalue weighted by Crippen LogP contribution is 2.33. The molecule has 7 nitrogen and oxygen atoms in total. The maximum Gasteiger partial charge on any atom is 0.232 e. The number of carbonyl (C=O) groups excluding carboxylic acids is 1. The van der Waals surface area contributed by atoms with Crippen molar-refractivity contribution in [1.82, 2.24) is 19.9 Å². The molecule has 146 valence electrons. The lowest BCUT2D eigenvalue weighted by atomic mass is 9.74. The van der Waals surface area contributed by atoms with E-state index < -0.39 is 0 Å². The molecule has 2 unspecified atom stereocenters. The molecule has 2 heterocycles. The van der Waals surface area contributed by atoms with E-state index in [1.807, 2.05) is 11.8 Å². The van der Waals surface area contributed by atoms with E-state index in [-0.39, 0.29) is 22.8 Å². The zero-order valence-corrected chi connectivity index (χ0v) is 16.6. The SMILES string of the molecule is CC(C)(C)c1nc(CN2CCN(C(=O)C3CCCCC3(C)N)CC2)no1. The van der Waals surface area contributed by atoms with Gasteiger partial charge in [0.15, 0.2) is 5.82 Å². The van der Waals surface area contributed by atoms with E-state index in [0.29, 0.717) is 12.4 Å². The molecule has 1 saturated heterocycles. The first-order valence-corrected chi connectivity index (χ1v) is 9.80. The normalized spacial score (nSPS) is 28.3. The minimum absolute atomic E-state index is 0.0330. The minimum atomic E-state index is -0.361. The van der Waals surface area contributed by atoms with Crippen molar-refractivity contribution in [2.45, 2.75) is 70.9 Å². The smallest absolute Gasteiger partial charge is 0.232 e. The Morgan fingerprint density at radius 1 is 1.27 bits per heavy atom. The van der Waals surface area contributed by atoms with E-state index in [1.54, 1.807) is 0 Å². The van der Waals surface area contributed by atoms with Gasteiger partial charge in [-0.1, -0.05) is 38.8 Å². The van der Waals surface area contributed by atoms with E-state index in [9.17, 15) is 4.79 Å². The van der Waals surface area contributed by atoms with Crippen LogP contribution in [0.1, 0.15) is 65.1 Å². The number of piperazine rings is 1. The molecule has 1 aromatic heterocycles. The fourth-order valence-electron chi connectivity index (χ4n) is 3.93. The van der Waals surface area contributed by atoms with Crippen LogP contribution in [-0.4, -0.2) is 57.6 Å². The number of hydrogen-bond acceptors (Lipinski definition) is 6. The zero-order valence-electron chi connectivity index (χ0n) is 16.6. The van der Waals surface area contributed by atoms with Crippen LogP contribution in [0.4, 0.5) is 0 Å². The van der Waals surface area contributed by atoms with Crippen molar-refractivity contribution in [2.24, 2.45) is 11.7 Å². The third kappa shape index (κ3) is 4.26. The second-order valence-electron chi connectivity index (χ2n) is 9.17. The molecule has 2 atom stereocenters. The minimum Gasteiger partial charge on any atom is -0.340 e. The van der Waals surface area contributed by atoms with Crippen LogP contribution in [0.5, 0.6) is 0 Å². The highest BCUT2D eigenvalue weighted by Gasteiger charge is 2.40. The molecule has 26 heavy (non-hydrogen) atoms. The number of amides is 1. The fraction of sp³-hybridized carbons (Fsp3) is 0.842. The van der Waals surface area contributed by atoms with Crippen LogP contribution in [0.15, 0.2) is 4.52 Å². The van der Waals surface area contributed by atoms with Gasteiger partial charge in [-0.2, -0.15) is 4.98 Å². The summed E-state index contributed by atoms with van der Waals surface area (Å²) in [6.45, 7) is 12.0. The monoisotopic (exact) mass is 363 g/mol. The van der Waals surface area contributed by atoms with Gasteiger partial charge in [-0.3, -0.25) is 9.69 Å². The average molecular weight is 364 g/mol. The number of hydrogen-bond donors (Lipinski definition) is 1. The Morgan fingerprint density at radius 2 is 1.96 bits per heavy atom. The first-order valence-electron chi connectivity index (χ1n) is 9.80. The Bertz CT molecular complexity index is 626. The number of rotatable bonds is 3. The molecule has 1 amide bonds. The molecular formula is C19H33N5O2. The zero-order chi connectivity index (χ0) is 18.9. The number of aromatic nitrogens is 2. The largest absolute Gasteiger partial charge is 0.340 e. The quantitative estimate of drug-likeness (QED) is 0.883. The maximum absolute atomic E-state index is 12.9. The summed E-state index contributed by atoms with van der Waals surface area (Å²) in [5.74, 6) is 1.59. The molecule has 2 fully saturated rings. The molecule has 7 heteroatoms. The summed E-state index contributed by atoms with van der Waals surface area (Å²) >= 11 is 0. The summed E-state index contributed by atoms with van der Waals surface area (Å²) in [5, 5.41) is 4.10. The third-order valence-corrected chi connectivity index (χ3v) is 5.71. The molecule has 1 aliphatic heterocycles. The van der Waals surface area contributed by atoms with Crippen LogP contribution in [0.2, 0.25) is 0 Å². The fourth-order valence-corrected chi connectivity index (χ4v) is 3.93. The van der Waals surface area contributed by atoms with E-state index in [0.717, 1.165) is 57.7 Å². The van der Waals surface area contributed by atoms with Crippen LogP contribution < -0.4 is 5.73 Å². The molecule has 0 aromatic carbocycles. The van der Waals surface area contributed by atoms with Gasteiger partial charge in [-0.15, -0.1) is 0 Å². The summed E-state index contributed by atoms with van der Waals surface area (Å²) in [6, 6.07) is 0. The van der Waals surface area contributed by atoms with Crippen molar-refractivity contribution >= 4 is 5.91 Å². The highest BCUT2D eigenvalue weighted by molar-refractivity contribution is 5.80. The van der Waals surface area contributed by atoms with E-state index in [4.69, 9.17) is 10.3 Å². The van der Waals surface area contributed by atoms with E-state index in [1.165, 1.54) is 0 Å². The maximum atomic E-state index is 12.9. The molecule has 1 aliphatic carbocycles. The van der Waals surface area contributed by atoms with Gasteiger partial charge in [0.25, 0.3) is 0 Å². The van der Waals surface area contributed by atoms with E-state index in [2.05, 4.69) is 35.8 Å². The van der Waals surface area contributed by atoms with Crippen LogP contribution >= 0.6 is 0 Å². The first-order chi connectivity index (χ1) is 12.2. The van der Waals surface area contributed by atoms with Gasteiger partial charge in [0.05, 0.1) is 12.5 Å². The Balaban J connectivity index is 1.52. The Morgan fingerprint density at radius 3 is 2.54 bits per heavy atom. The van der Waals surface area contributed by atoms with Gasteiger partial charge in [0, 0.05) is 37.1 Å². The standard InChI is InChI=1S/C19H33N5O2/c1-18(2,3)17-21-15(22-26-17)13-23-9-11-24(12-10-23)16(25)14-7-5-6-8-19(14,4)20/h14H,5-13,20H2,1-4H3. The molecule has 0 bridgehead atoms. The summed E-state index contributed by atoms with van der Waals surface area (Å²) in [7, 11) is 0. The van der Waals surface area contributed by atoms with Crippen LogP contribution in [0.3, 0.4) is 0 Å².